The van der Waals surface area contributed by atoms with Crippen LogP contribution in [0, 0.1) is 6.92 Å². The molecule has 0 aromatic heterocycles. The summed E-state index contributed by atoms with van der Waals surface area (Å²) in [5.74, 6) is 1.89. The zero-order valence-electron chi connectivity index (χ0n) is 11.6. The molecule has 0 bridgehead atoms. The highest BCUT2D eigenvalue weighted by Crippen LogP contribution is 2.31. The molecule has 1 aromatic rings. The minimum absolute atomic E-state index is 0.0877. The molecule has 0 aliphatic carbocycles. The molecule has 1 atom stereocenters. The highest BCUT2D eigenvalue weighted by molar-refractivity contribution is 9.10. The lowest BCUT2D eigenvalue weighted by Gasteiger charge is -2.24. The van der Waals surface area contributed by atoms with Crippen LogP contribution in [0.15, 0.2) is 21.5 Å². The maximum absolute atomic E-state index is 12.8. The quantitative estimate of drug-likeness (QED) is 0.872. The fourth-order valence-electron chi connectivity index (χ4n) is 2.25. The number of rotatable bonds is 4. The third-order valence-electron chi connectivity index (χ3n) is 3.67. The predicted molar refractivity (Wildman–Crippen MR) is 87.4 cm³/mol. The van der Waals surface area contributed by atoms with Crippen molar-refractivity contribution in [1.29, 1.82) is 0 Å². The Hall–Kier alpha value is -0.0800. The van der Waals surface area contributed by atoms with Crippen LogP contribution in [0.3, 0.4) is 0 Å². The second-order valence-electron chi connectivity index (χ2n) is 4.94. The van der Waals surface area contributed by atoms with Gasteiger partial charge in [-0.25, -0.2) is 8.42 Å². The molecule has 20 heavy (non-hydrogen) atoms. The number of benzene rings is 1. The fourth-order valence-corrected chi connectivity index (χ4v) is 5.93. The van der Waals surface area contributed by atoms with E-state index in [0.29, 0.717) is 11.4 Å². The second-order valence-corrected chi connectivity index (χ2v) is 8.91. The van der Waals surface area contributed by atoms with Crippen molar-refractivity contribution in [2.24, 2.45) is 5.73 Å². The molecular weight excluding hydrogens is 360 g/mol. The van der Waals surface area contributed by atoms with Gasteiger partial charge in [-0.2, -0.15) is 16.1 Å². The van der Waals surface area contributed by atoms with Gasteiger partial charge in [0.1, 0.15) is 0 Å². The highest BCUT2D eigenvalue weighted by Gasteiger charge is 2.31. The van der Waals surface area contributed by atoms with Gasteiger partial charge in [-0.3, -0.25) is 0 Å². The summed E-state index contributed by atoms with van der Waals surface area (Å²) in [6.07, 6.45) is 0.914. The summed E-state index contributed by atoms with van der Waals surface area (Å²) >= 11 is 5.22. The fraction of sp³-hybridized carbons (Fsp3) is 0.538. The number of hydrogen-bond donors (Lipinski definition) is 1. The molecule has 4 nitrogen and oxygen atoms in total. The smallest absolute Gasteiger partial charge is 0.243 e. The SMILES string of the molecule is Cc1c(Br)cc(CN)cc1S(=O)(=O)N(C)C1CCSC1. The van der Waals surface area contributed by atoms with E-state index < -0.39 is 10.0 Å². The third kappa shape index (κ3) is 3.06. The minimum Gasteiger partial charge on any atom is -0.326 e. The maximum Gasteiger partial charge on any atom is 0.243 e. The van der Waals surface area contributed by atoms with Gasteiger partial charge in [0.05, 0.1) is 4.90 Å². The Bertz CT molecular complexity index is 599. The zero-order valence-corrected chi connectivity index (χ0v) is 14.8. The third-order valence-corrected chi connectivity index (χ3v) is 7.67. The lowest BCUT2D eigenvalue weighted by Crippen LogP contribution is -2.37. The number of sulfonamides is 1. The van der Waals surface area contributed by atoms with E-state index in [2.05, 4.69) is 15.9 Å². The van der Waals surface area contributed by atoms with E-state index in [0.717, 1.165) is 33.5 Å². The molecule has 1 heterocycles. The Labute approximate surface area is 133 Å². The standard InChI is InChI=1S/C13H19BrN2O2S2/c1-9-12(14)5-10(7-15)6-13(9)20(17,18)16(2)11-3-4-19-8-11/h5-6,11H,3-4,7-8,15H2,1-2H3. The van der Waals surface area contributed by atoms with Crippen molar-refractivity contribution in [3.63, 3.8) is 0 Å². The van der Waals surface area contributed by atoms with Crippen LogP contribution in [-0.4, -0.2) is 37.3 Å². The number of nitrogens with two attached hydrogens (primary N) is 1. The van der Waals surface area contributed by atoms with E-state index in [9.17, 15) is 8.42 Å². The first-order valence-electron chi connectivity index (χ1n) is 6.42. The average Bonchev–Trinajstić information content (AvgIpc) is 2.94. The van der Waals surface area contributed by atoms with Gasteiger partial charge in [0.2, 0.25) is 10.0 Å². The van der Waals surface area contributed by atoms with E-state index >= 15 is 0 Å². The second kappa shape index (κ2) is 6.36. The van der Waals surface area contributed by atoms with Crippen LogP contribution < -0.4 is 5.73 Å². The van der Waals surface area contributed by atoms with Gasteiger partial charge < -0.3 is 5.73 Å². The van der Waals surface area contributed by atoms with Gasteiger partial charge in [0.25, 0.3) is 0 Å². The molecule has 1 aromatic carbocycles. The van der Waals surface area contributed by atoms with Crippen molar-refractivity contribution < 1.29 is 8.42 Å². The highest BCUT2D eigenvalue weighted by atomic mass is 79.9. The molecule has 1 aliphatic heterocycles. The molecule has 1 unspecified atom stereocenters. The van der Waals surface area contributed by atoms with Gasteiger partial charge in [-0.15, -0.1) is 0 Å². The monoisotopic (exact) mass is 378 g/mol. The van der Waals surface area contributed by atoms with Gasteiger partial charge in [0.15, 0.2) is 0 Å². The van der Waals surface area contributed by atoms with E-state index in [1.54, 1.807) is 24.9 Å². The van der Waals surface area contributed by atoms with Crippen molar-refractivity contribution in [2.75, 3.05) is 18.6 Å². The molecular formula is C13H19BrN2O2S2. The Morgan fingerprint density at radius 3 is 2.75 bits per heavy atom. The number of halogens is 1. The first-order chi connectivity index (χ1) is 9.37. The van der Waals surface area contributed by atoms with Gasteiger partial charge in [0, 0.05) is 29.9 Å². The van der Waals surface area contributed by atoms with Gasteiger partial charge in [-0.05, 0) is 42.4 Å². The van der Waals surface area contributed by atoms with Crippen LogP contribution >= 0.6 is 27.7 Å². The molecule has 7 heteroatoms. The zero-order chi connectivity index (χ0) is 14.9. The van der Waals surface area contributed by atoms with E-state index in [1.165, 1.54) is 4.31 Å². The molecule has 1 fully saturated rings. The summed E-state index contributed by atoms with van der Waals surface area (Å²) in [5, 5.41) is 0. The Kier molecular flexibility index (Phi) is 5.18. The summed E-state index contributed by atoms with van der Waals surface area (Å²) in [6.45, 7) is 2.14. The average molecular weight is 379 g/mol. The lowest BCUT2D eigenvalue weighted by atomic mass is 10.1. The van der Waals surface area contributed by atoms with Gasteiger partial charge in [-0.1, -0.05) is 15.9 Å². The Morgan fingerprint density at radius 1 is 1.50 bits per heavy atom. The summed E-state index contributed by atoms with van der Waals surface area (Å²) in [4.78, 5) is 0.353. The van der Waals surface area contributed by atoms with Crippen LogP contribution in [-0.2, 0) is 16.6 Å². The summed E-state index contributed by atoms with van der Waals surface area (Å²) in [7, 11) is -1.80. The molecule has 1 aliphatic rings. The number of nitrogens with zero attached hydrogens (tertiary/aromatic N) is 1. The first-order valence-corrected chi connectivity index (χ1v) is 9.81. The summed E-state index contributed by atoms with van der Waals surface area (Å²) in [5.41, 5.74) is 7.20. The molecule has 2 N–H and O–H groups in total. The molecule has 2 rings (SSSR count). The topological polar surface area (TPSA) is 63.4 Å². The van der Waals surface area contributed by atoms with Crippen LogP contribution in [0.1, 0.15) is 17.5 Å². The van der Waals surface area contributed by atoms with Gasteiger partial charge >= 0.3 is 0 Å². The first kappa shape index (κ1) is 16.3. The van der Waals surface area contributed by atoms with Crippen LogP contribution in [0.25, 0.3) is 0 Å². The minimum atomic E-state index is -3.47. The van der Waals surface area contributed by atoms with Crippen molar-refractivity contribution in [2.45, 2.75) is 30.8 Å². The molecule has 0 spiro atoms. The molecule has 0 amide bonds. The number of hydrogen-bond acceptors (Lipinski definition) is 4. The van der Waals surface area contributed by atoms with Crippen LogP contribution in [0.4, 0.5) is 0 Å². The molecule has 0 radical (unpaired) electrons. The van der Waals surface area contributed by atoms with Crippen molar-refractivity contribution >= 4 is 37.7 Å². The Morgan fingerprint density at radius 2 is 2.20 bits per heavy atom. The molecule has 1 saturated heterocycles. The summed E-state index contributed by atoms with van der Waals surface area (Å²) in [6, 6.07) is 3.65. The Balaban J connectivity index is 2.45. The molecule has 0 saturated carbocycles. The lowest BCUT2D eigenvalue weighted by molar-refractivity contribution is 0.394. The normalized spacial score (nSPS) is 19.8. The van der Waals surface area contributed by atoms with E-state index in [-0.39, 0.29) is 6.04 Å². The predicted octanol–water partition coefficient (Wildman–Crippen LogP) is 2.34. The number of thioether (sulfide) groups is 1. The van der Waals surface area contributed by atoms with E-state index in [1.807, 2.05) is 13.0 Å². The van der Waals surface area contributed by atoms with E-state index in [4.69, 9.17) is 5.73 Å². The van der Waals surface area contributed by atoms with Crippen LogP contribution in [0.5, 0.6) is 0 Å². The van der Waals surface area contributed by atoms with Crippen molar-refractivity contribution in [3.05, 3.63) is 27.7 Å². The maximum atomic E-state index is 12.8. The van der Waals surface area contributed by atoms with Crippen molar-refractivity contribution in [1.82, 2.24) is 4.31 Å². The van der Waals surface area contributed by atoms with Crippen LogP contribution in [0.2, 0.25) is 0 Å². The summed E-state index contributed by atoms with van der Waals surface area (Å²) < 4.78 is 27.9. The van der Waals surface area contributed by atoms with Crippen molar-refractivity contribution in [3.8, 4) is 0 Å². The molecule has 112 valence electrons. The largest absolute Gasteiger partial charge is 0.326 e.